The highest BCUT2D eigenvalue weighted by molar-refractivity contribution is 5.82. The van der Waals surface area contributed by atoms with Crippen molar-refractivity contribution in [2.75, 3.05) is 56.8 Å². The summed E-state index contributed by atoms with van der Waals surface area (Å²) in [7, 11) is 3.35. The molecule has 0 bridgehead atoms. The average Bonchev–Trinajstić information content (AvgIpc) is 2.78. The van der Waals surface area contributed by atoms with Crippen molar-refractivity contribution in [1.82, 2.24) is 5.32 Å². The minimum atomic E-state index is -0.0979. The molecule has 29 heavy (non-hydrogen) atoms. The molecule has 2 aromatic carbocycles. The van der Waals surface area contributed by atoms with Crippen molar-refractivity contribution < 1.29 is 14.3 Å². The van der Waals surface area contributed by atoms with Gasteiger partial charge in [0.25, 0.3) is 0 Å². The van der Waals surface area contributed by atoms with E-state index in [1.807, 2.05) is 12.1 Å². The number of ether oxygens (including phenoxy) is 2. The molecule has 0 aliphatic carbocycles. The van der Waals surface area contributed by atoms with Crippen LogP contribution in [0.15, 0.2) is 48.5 Å². The molecule has 4 rings (SSSR count). The number of hydrogen-bond acceptors (Lipinski definition) is 5. The van der Waals surface area contributed by atoms with E-state index in [1.165, 1.54) is 16.9 Å². The Morgan fingerprint density at radius 3 is 2.72 bits per heavy atom. The largest absolute Gasteiger partial charge is 0.497 e. The number of fused-ring (bicyclic) bond motifs is 3. The quantitative estimate of drug-likeness (QED) is 0.761. The summed E-state index contributed by atoms with van der Waals surface area (Å²) in [6.07, 6.45) is 0.738. The topological polar surface area (TPSA) is 54.0 Å². The summed E-state index contributed by atoms with van der Waals surface area (Å²) in [6.45, 7) is 3.69. The van der Waals surface area contributed by atoms with E-state index in [-0.39, 0.29) is 17.9 Å². The van der Waals surface area contributed by atoms with E-state index in [2.05, 4.69) is 51.5 Å². The summed E-state index contributed by atoms with van der Waals surface area (Å²) in [4.78, 5) is 17.9. The number of hydrogen-bond donors (Lipinski definition) is 1. The Morgan fingerprint density at radius 2 is 1.97 bits per heavy atom. The molecule has 1 fully saturated rings. The van der Waals surface area contributed by atoms with Gasteiger partial charge in [-0.2, -0.15) is 0 Å². The van der Waals surface area contributed by atoms with Gasteiger partial charge in [-0.25, -0.2) is 0 Å². The third-order valence-corrected chi connectivity index (χ3v) is 5.99. The SMILES string of the molecule is COCCNC(=O)[C@H]1Cc2ccc(OC)cc2N2CCN(c3ccccc3)C[C@H]12. The Balaban J connectivity index is 1.62. The first kappa shape index (κ1) is 19.6. The number of amides is 1. The van der Waals surface area contributed by atoms with E-state index in [0.717, 1.165) is 31.8 Å². The Morgan fingerprint density at radius 1 is 1.14 bits per heavy atom. The molecule has 0 spiro atoms. The Kier molecular flexibility index (Phi) is 5.90. The maximum Gasteiger partial charge on any atom is 0.225 e. The number of methoxy groups -OCH3 is 2. The number of carbonyl (C=O) groups excluding carboxylic acids is 1. The first-order chi connectivity index (χ1) is 14.2. The fourth-order valence-electron chi connectivity index (χ4n) is 4.49. The van der Waals surface area contributed by atoms with Crippen molar-refractivity contribution in [1.29, 1.82) is 0 Å². The molecule has 1 N–H and O–H groups in total. The van der Waals surface area contributed by atoms with E-state index >= 15 is 0 Å². The van der Waals surface area contributed by atoms with Gasteiger partial charge in [0.05, 0.1) is 25.7 Å². The van der Waals surface area contributed by atoms with Crippen LogP contribution in [-0.4, -0.2) is 59.0 Å². The summed E-state index contributed by atoms with van der Waals surface area (Å²) in [5, 5.41) is 3.06. The number of anilines is 2. The predicted octanol–water partition coefficient (Wildman–Crippen LogP) is 2.33. The highest BCUT2D eigenvalue weighted by atomic mass is 16.5. The summed E-state index contributed by atoms with van der Waals surface area (Å²) in [6, 6.07) is 16.8. The predicted molar refractivity (Wildman–Crippen MR) is 115 cm³/mol. The number of piperazine rings is 1. The van der Waals surface area contributed by atoms with Gasteiger partial charge in [-0.05, 0) is 30.2 Å². The van der Waals surface area contributed by atoms with Crippen molar-refractivity contribution in [3.05, 3.63) is 54.1 Å². The van der Waals surface area contributed by atoms with Crippen LogP contribution in [-0.2, 0) is 16.0 Å². The number of nitrogens with one attached hydrogen (secondary N) is 1. The lowest BCUT2D eigenvalue weighted by atomic mass is 9.83. The van der Waals surface area contributed by atoms with E-state index in [9.17, 15) is 4.79 Å². The molecule has 0 aromatic heterocycles. The van der Waals surface area contributed by atoms with Gasteiger partial charge in [0.15, 0.2) is 0 Å². The zero-order chi connectivity index (χ0) is 20.2. The summed E-state index contributed by atoms with van der Waals surface area (Å²) < 4.78 is 10.6. The van der Waals surface area contributed by atoms with Crippen molar-refractivity contribution in [3.63, 3.8) is 0 Å². The maximum absolute atomic E-state index is 13.1. The Labute approximate surface area is 172 Å². The van der Waals surface area contributed by atoms with E-state index in [1.54, 1.807) is 14.2 Å². The molecule has 0 unspecified atom stereocenters. The highest BCUT2D eigenvalue weighted by Crippen LogP contribution is 2.38. The van der Waals surface area contributed by atoms with Gasteiger partial charge in [0, 0.05) is 50.7 Å². The van der Waals surface area contributed by atoms with Crippen LogP contribution in [0.5, 0.6) is 5.75 Å². The van der Waals surface area contributed by atoms with Crippen LogP contribution in [0.4, 0.5) is 11.4 Å². The summed E-state index contributed by atoms with van der Waals surface area (Å²) >= 11 is 0. The maximum atomic E-state index is 13.1. The first-order valence-electron chi connectivity index (χ1n) is 10.2. The number of carbonyl (C=O) groups is 1. The molecule has 0 radical (unpaired) electrons. The molecular weight excluding hydrogens is 366 g/mol. The molecule has 154 valence electrons. The molecule has 6 nitrogen and oxygen atoms in total. The monoisotopic (exact) mass is 395 g/mol. The Hall–Kier alpha value is -2.73. The van der Waals surface area contributed by atoms with Crippen LogP contribution in [0.25, 0.3) is 0 Å². The van der Waals surface area contributed by atoms with Gasteiger partial charge in [-0.15, -0.1) is 0 Å². The van der Waals surface area contributed by atoms with Crippen LogP contribution >= 0.6 is 0 Å². The molecule has 2 atom stereocenters. The molecule has 2 aliphatic heterocycles. The third-order valence-electron chi connectivity index (χ3n) is 5.99. The summed E-state index contributed by atoms with van der Waals surface area (Å²) in [5.41, 5.74) is 3.62. The zero-order valence-electron chi connectivity index (χ0n) is 17.1. The van der Waals surface area contributed by atoms with Crippen LogP contribution in [0.3, 0.4) is 0 Å². The van der Waals surface area contributed by atoms with E-state index in [0.29, 0.717) is 13.2 Å². The molecule has 2 aliphatic rings. The summed E-state index contributed by atoms with van der Waals surface area (Å²) in [5.74, 6) is 0.865. The van der Waals surface area contributed by atoms with Gasteiger partial charge in [-0.3, -0.25) is 4.79 Å². The van der Waals surface area contributed by atoms with Gasteiger partial charge in [-0.1, -0.05) is 24.3 Å². The second-order valence-corrected chi connectivity index (χ2v) is 7.63. The highest BCUT2D eigenvalue weighted by Gasteiger charge is 2.41. The van der Waals surface area contributed by atoms with Gasteiger partial charge >= 0.3 is 0 Å². The lowest BCUT2D eigenvalue weighted by Crippen LogP contribution is -2.61. The molecule has 1 amide bonds. The fraction of sp³-hybridized carbons (Fsp3) is 0.435. The van der Waals surface area contributed by atoms with Crippen molar-refractivity contribution >= 4 is 17.3 Å². The van der Waals surface area contributed by atoms with Crippen LogP contribution in [0.2, 0.25) is 0 Å². The molecule has 6 heteroatoms. The standard InChI is InChI=1S/C23H29N3O3/c1-28-13-10-24-23(27)20-14-17-8-9-19(29-2)15-21(17)26-12-11-25(16-22(20)26)18-6-4-3-5-7-18/h3-9,15,20,22H,10-14,16H2,1-2H3,(H,24,27)/t20-,22+/m0/s1. The third kappa shape index (κ3) is 4.03. The zero-order valence-corrected chi connectivity index (χ0v) is 17.1. The lowest BCUT2D eigenvalue weighted by molar-refractivity contribution is -0.126. The molecule has 2 heterocycles. The number of nitrogens with zero attached hydrogens (tertiary/aromatic N) is 2. The van der Waals surface area contributed by atoms with Gasteiger partial charge in [0.2, 0.25) is 5.91 Å². The van der Waals surface area contributed by atoms with Crippen LogP contribution < -0.4 is 19.9 Å². The van der Waals surface area contributed by atoms with Crippen LogP contribution in [0, 0.1) is 5.92 Å². The van der Waals surface area contributed by atoms with Gasteiger partial charge in [0.1, 0.15) is 5.75 Å². The second kappa shape index (κ2) is 8.74. The van der Waals surface area contributed by atoms with Crippen molar-refractivity contribution in [2.24, 2.45) is 5.92 Å². The number of rotatable bonds is 6. The van der Waals surface area contributed by atoms with E-state index < -0.39 is 0 Å². The average molecular weight is 396 g/mol. The second-order valence-electron chi connectivity index (χ2n) is 7.63. The molecule has 2 aromatic rings. The smallest absolute Gasteiger partial charge is 0.225 e. The minimum Gasteiger partial charge on any atom is -0.497 e. The fourth-order valence-corrected chi connectivity index (χ4v) is 4.49. The molecule has 0 saturated carbocycles. The van der Waals surface area contributed by atoms with Crippen LogP contribution in [0.1, 0.15) is 5.56 Å². The Bertz CT molecular complexity index is 843. The molecular formula is C23H29N3O3. The normalized spacial score (nSPS) is 20.6. The van der Waals surface area contributed by atoms with E-state index in [4.69, 9.17) is 9.47 Å². The van der Waals surface area contributed by atoms with Crippen molar-refractivity contribution in [2.45, 2.75) is 12.5 Å². The molecule has 1 saturated heterocycles. The first-order valence-corrected chi connectivity index (χ1v) is 10.2. The minimum absolute atomic E-state index is 0.0979. The number of benzene rings is 2. The van der Waals surface area contributed by atoms with Gasteiger partial charge < -0.3 is 24.6 Å². The lowest BCUT2D eigenvalue weighted by Gasteiger charge is -2.49. The van der Waals surface area contributed by atoms with Crippen molar-refractivity contribution in [3.8, 4) is 5.75 Å². The number of para-hydroxylation sites is 1.